The van der Waals surface area contributed by atoms with Gasteiger partial charge in [-0.25, -0.2) is 14.8 Å². The number of amides is 1. The number of nitrogens with zero attached hydrogens (tertiary/aromatic N) is 4. The van der Waals surface area contributed by atoms with Gasteiger partial charge in [0.2, 0.25) is 5.88 Å². The van der Waals surface area contributed by atoms with Crippen molar-refractivity contribution in [3.63, 3.8) is 0 Å². The fraction of sp³-hybridized carbons (Fsp3) is 0.227. The largest absolute Gasteiger partial charge is 0.481 e. The van der Waals surface area contributed by atoms with Crippen LogP contribution in [0.5, 0.6) is 5.88 Å². The van der Waals surface area contributed by atoms with Crippen LogP contribution in [0.3, 0.4) is 0 Å². The lowest BCUT2D eigenvalue weighted by molar-refractivity contribution is -0.115. The predicted octanol–water partition coefficient (Wildman–Crippen LogP) is 0.813. The van der Waals surface area contributed by atoms with E-state index in [1.165, 1.54) is 11.7 Å². The Morgan fingerprint density at radius 1 is 1.19 bits per heavy atom. The van der Waals surface area contributed by atoms with Crippen molar-refractivity contribution < 1.29 is 9.53 Å². The number of carbonyl (C=O) groups excluding carboxylic acids is 1. The first kappa shape index (κ1) is 21.0. The number of hydrogen-bond donors (Lipinski definition) is 2. The van der Waals surface area contributed by atoms with Crippen LogP contribution >= 0.6 is 0 Å². The Hall–Kier alpha value is -4.21. The van der Waals surface area contributed by atoms with Gasteiger partial charge in [0, 0.05) is 25.9 Å². The second-order valence-electron chi connectivity index (χ2n) is 7.22. The molecule has 0 atom stereocenters. The summed E-state index contributed by atoms with van der Waals surface area (Å²) >= 11 is 0. The second-order valence-corrected chi connectivity index (χ2v) is 7.22. The Bertz CT molecular complexity index is 1310. The van der Waals surface area contributed by atoms with E-state index in [2.05, 4.69) is 20.6 Å². The molecule has 0 bridgehead atoms. The van der Waals surface area contributed by atoms with Gasteiger partial charge in [0.1, 0.15) is 11.5 Å². The first-order valence-corrected chi connectivity index (χ1v) is 9.94. The van der Waals surface area contributed by atoms with E-state index >= 15 is 0 Å². The average Bonchev–Trinajstić information content (AvgIpc) is 2.84. The zero-order valence-corrected chi connectivity index (χ0v) is 17.7. The molecule has 10 heteroatoms. The zero-order chi connectivity index (χ0) is 22.7. The van der Waals surface area contributed by atoms with Gasteiger partial charge in [-0.3, -0.25) is 18.7 Å². The van der Waals surface area contributed by atoms with E-state index in [0.717, 1.165) is 15.7 Å². The zero-order valence-electron chi connectivity index (χ0n) is 17.7. The Labute approximate surface area is 183 Å². The molecule has 1 aromatic carbocycles. The highest BCUT2D eigenvalue weighted by atomic mass is 16.5. The topological polar surface area (TPSA) is 120 Å². The van der Waals surface area contributed by atoms with E-state index < -0.39 is 17.2 Å². The molecule has 1 aliphatic rings. The lowest BCUT2D eigenvalue weighted by Crippen LogP contribution is -2.43. The molecule has 0 radical (unpaired) electrons. The van der Waals surface area contributed by atoms with Crippen molar-refractivity contribution in [3.05, 3.63) is 80.6 Å². The molecule has 0 saturated heterocycles. The molecule has 1 aliphatic heterocycles. The van der Waals surface area contributed by atoms with Crippen LogP contribution in [0, 0.1) is 0 Å². The van der Waals surface area contributed by atoms with Gasteiger partial charge in [-0.05, 0) is 17.2 Å². The molecule has 3 heterocycles. The molecular weight excluding hydrogens is 412 g/mol. The highest BCUT2D eigenvalue weighted by molar-refractivity contribution is 6.41. The molecule has 3 aromatic rings. The fourth-order valence-electron chi connectivity index (χ4n) is 3.39. The molecule has 2 aromatic heterocycles. The number of carbonyl (C=O) groups is 1. The maximum atomic E-state index is 13.1. The number of rotatable bonds is 6. The molecule has 32 heavy (non-hydrogen) atoms. The van der Waals surface area contributed by atoms with Gasteiger partial charge in [-0.2, -0.15) is 0 Å². The van der Waals surface area contributed by atoms with Crippen molar-refractivity contribution >= 4 is 23.1 Å². The van der Waals surface area contributed by atoms with Crippen molar-refractivity contribution in [2.45, 2.75) is 13.1 Å². The van der Waals surface area contributed by atoms with Gasteiger partial charge < -0.3 is 15.4 Å². The van der Waals surface area contributed by atoms with Crippen LogP contribution in [-0.2, 0) is 24.9 Å². The van der Waals surface area contributed by atoms with Crippen molar-refractivity contribution in [1.82, 2.24) is 19.4 Å². The average molecular weight is 434 g/mol. The highest BCUT2D eigenvalue weighted by Gasteiger charge is 2.24. The minimum atomic E-state index is -0.552. The summed E-state index contributed by atoms with van der Waals surface area (Å²) < 4.78 is 7.53. The lowest BCUT2D eigenvalue weighted by Gasteiger charge is -2.20. The summed E-state index contributed by atoms with van der Waals surface area (Å²) in [5, 5.41) is 5.76. The van der Waals surface area contributed by atoms with E-state index in [4.69, 9.17) is 4.74 Å². The summed E-state index contributed by atoms with van der Waals surface area (Å²) in [6.45, 7) is 0.448. The number of nitrogens with one attached hydrogen (secondary N) is 2. The lowest BCUT2D eigenvalue weighted by atomic mass is 10.2. The maximum absolute atomic E-state index is 13.1. The van der Waals surface area contributed by atoms with E-state index in [-0.39, 0.29) is 31.0 Å². The van der Waals surface area contributed by atoms with E-state index in [1.54, 1.807) is 25.4 Å². The summed E-state index contributed by atoms with van der Waals surface area (Å²) in [5.41, 5.74) is 0.793. The third-order valence-corrected chi connectivity index (χ3v) is 5.10. The molecule has 4 rings (SSSR count). The Morgan fingerprint density at radius 2 is 1.97 bits per heavy atom. The monoisotopic (exact) mass is 434 g/mol. The number of ether oxygens (including phenoxy) is 1. The highest BCUT2D eigenvalue weighted by Crippen LogP contribution is 2.22. The van der Waals surface area contributed by atoms with Crippen LogP contribution in [0.4, 0.5) is 11.5 Å². The Balaban J connectivity index is 1.61. The van der Waals surface area contributed by atoms with Crippen molar-refractivity contribution in [2.24, 2.45) is 12.0 Å². The first-order valence-electron chi connectivity index (χ1n) is 9.94. The molecule has 10 nitrogen and oxygen atoms in total. The van der Waals surface area contributed by atoms with Crippen LogP contribution in [-0.4, -0.2) is 39.4 Å². The number of aromatic nitrogens is 3. The summed E-state index contributed by atoms with van der Waals surface area (Å²) in [7, 11) is 3.08. The minimum absolute atomic E-state index is 0.0324. The molecule has 2 N–H and O–H groups in total. The van der Waals surface area contributed by atoms with Gasteiger partial charge in [-0.1, -0.05) is 30.3 Å². The molecule has 0 saturated carbocycles. The molecule has 0 spiro atoms. The van der Waals surface area contributed by atoms with Gasteiger partial charge in [0.25, 0.3) is 11.5 Å². The van der Waals surface area contributed by atoms with Crippen molar-refractivity contribution in [2.75, 3.05) is 19.0 Å². The molecule has 0 unspecified atom stereocenters. The predicted molar refractivity (Wildman–Crippen MR) is 120 cm³/mol. The summed E-state index contributed by atoms with van der Waals surface area (Å²) in [5.74, 6) is 0.323. The first-order chi connectivity index (χ1) is 15.5. The number of pyridine rings is 1. The summed E-state index contributed by atoms with van der Waals surface area (Å²) in [6.07, 6.45) is 1.59. The van der Waals surface area contributed by atoms with Crippen LogP contribution in [0.2, 0.25) is 0 Å². The molecule has 0 aliphatic carbocycles. The van der Waals surface area contributed by atoms with Crippen LogP contribution in [0.15, 0.2) is 63.2 Å². The summed E-state index contributed by atoms with van der Waals surface area (Å²) in [6, 6.07) is 12.7. The van der Waals surface area contributed by atoms with Gasteiger partial charge >= 0.3 is 5.69 Å². The third kappa shape index (κ3) is 4.15. The van der Waals surface area contributed by atoms with Crippen LogP contribution in [0.25, 0.3) is 0 Å². The SMILES string of the molecule is COc1cc(CNC(=O)C2=Nc3c(n(C)c(=O)n(Cc4ccccc4)c3=O)NC2)ccn1. The normalized spacial score (nSPS) is 12.4. The molecular formula is C22H22N6O4. The standard InChI is InChI=1S/C22H22N6O4/c1-27-19-18(21(30)28(22(27)31)13-14-6-4-3-5-7-14)26-16(12-24-19)20(29)25-11-15-8-9-23-17(10-15)32-2/h3-10,24H,11-13H2,1-2H3,(H,25,29). The van der Waals surface area contributed by atoms with Crippen molar-refractivity contribution in [3.8, 4) is 5.88 Å². The number of aliphatic imine (C=N–C) groups is 1. The quantitative estimate of drug-likeness (QED) is 0.593. The fourth-order valence-corrected chi connectivity index (χ4v) is 3.39. The molecule has 1 amide bonds. The van der Waals surface area contributed by atoms with E-state index in [1.807, 2.05) is 30.3 Å². The summed E-state index contributed by atoms with van der Waals surface area (Å²) in [4.78, 5) is 46.8. The number of benzene rings is 1. The minimum Gasteiger partial charge on any atom is -0.481 e. The van der Waals surface area contributed by atoms with Crippen LogP contribution < -0.4 is 26.6 Å². The van der Waals surface area contributed by atoms with E-state index in [9.17, 15) is 14.4 Å². The van der Waals surface area contributed by atoms with Gasteiger partial charge in [-0.15, -0.1) is 0 Å². The van der Waals surface area contributed by atoms with E-state index in [0.29, 0.717) is 11.7 Å². The number of hydrogen-bond acceptors (Lipinski definition) is 7. The third-order valence-electron chi connectivity index (χ3n) is 5.10. The van der Waals surface area contributed by atoms with Gasteiger partial charge in [0.05, 0.1) is 20.2 Å². The number of fused-ring (bicyclic) bond motifs is 1. The molecule has 0 fully saturated rings. The number of methoxy groups -OCH3 is 1. The maximum Gasteiger partial charge on any atom is 0.332 e. The Morgan fingerprint density at radius 3 is 2.72 bits per heavy atom. The molecule has 164 valence electrons. The second kappa shape index (κ2) is 8.88. The Kier molecular flexibility index (Phi) is 5.84. The smallest absolute Gasteiger partial charge is 0.332 e. The van der Waals surface area contributed by atoms with Crippen molar-refractivity contribution in [1.29, 1.82) is 0 Å². The van der Waals surface area contributed by atoms with Crippen LogP contribution in [0.1, 0.15) is 11.1 Å². The van der Waals surface area contributed by atoms with Gasteiger partial charge in [0.15, 0.2) is 5.69 Å². The number of anilines is 1.